The van der Waals surface area contributed by atoms with Crippen LogP contribution in [0.2, 0.25) is 0 Å². The summed E-state index contributed by atoms with van der Waals surface area (Å²) in [5.41, 5.74) is 2.50. The minimum absolute atomic E-state index is 0.0543. The normalized spacial score (nSPS) is 11.0. The summed E-state index contributed by atoms with van der Waals surface area (Å²) >= 11 is 0. The molecule has 0 aromatic heterocycles. The summed E-state index contributed by atoms with van der Waals surface area (Å²) in [4.78, 5) is 0.0543. The van der Waals surface area contributed by atoms with Crippen LogP contribution in [0, 0.1) is 0 Å². The van der Waals surface area contributed by atoms with Gasteiger partial charge in [0.1, 0.15) is 22.1 Å². The van der Waals surface area contributed by atoms with Gasteiger partial charge in [0.2, 0.25) is 0 Å². The average molecular weight is 406 g/mol. The summed E-state index contributed by atoms with van der Waals surface area (Å²) in [6.07, 6.45) is 1.49. The zero-order chi connectivity index (χ0) is 20.9. The van der Waals surface area contributed by atoms with Crippen LogP contribution in [0.15, 0.2) is 41.8 Å². The van der Waals surface area contributed by atoms with Gasteiger partial charge in [-0.2, -0.15) is 0 Å². The Kier molecular flexibility index (Phi) is 6.96. The molecule has 6 nitrogen and oxygen atoms in total. The number of sulfonamides is 1. The number of benzene rings is 2. The molecule has 1 N–H and O–H groups in total. The summed E-state index contributed by atoms with van der Waals surface area (Å²) in [5, 5.41) is 0. The minimum atomic E-state index is -3.93. The number of rotatable bonds is 9. The third-order valence-electron chi connectivity index (χ3n) is 4.46. The third-order valence-corrected chi connectivity index (χ3v) is 5.87. The van der Waals surface area contributed by atoms with Crippen molar-refractivity contribution in [3.63, 3.8) is 0 Å². The fourth-order valence-electron chi connectivity index (χ4n) is 2.89. The molecule has 2 rings (SSSR count). The Morgan fingerprint density at radius 3 is 1.89 bits per heavy atom. The van der Waals surface area contributed by atoms with E-state index in [-0.39, 0.29) is 16.3 Å². The first-order valence-corrected chi connectivity index (χ1v) is 10.4. The molecular formula is C21H27NO5S. The van der Waals surface area contributed by atoms with E-state index in [9.17, 15) is 8.42 Å². The number of hydrogen-bond donors (Lipinski definition) is 1. The highest BCUT2D eigenvalue weighted by Crippen LogP contribution is 2.36. The van der Waals surface area contributed by atoms with Crippen LogP contribution in [0.5, 0.6) is 17.2 Å². The molecule has 152 valence electrons. The Bertz CT molecular complexity index is 942. The zero-order valence-corrected chi connectivity index (χ0v) is 17.8. The lowest BCUT2D eigenvalue weighted by atomic mass is 10.1. The van der Waals surface area contributed by atoms with Crippen LogP contribution in [0.3, 0.4) is 0 Å². The Hall–Kier alpha value is -2.67. The molecule has 0 heterocycles. The fraction of sp³-hybridized carbons (Fsp3) is 0.333. The zero-order valence-electron chi connectivity index (χ0n) is 17.0. The lowest BCUT2D eigenvalue weighted by molar-refractivity contribution is 0.391. The third kappa shape index (κ3) is 4.42. The standard InChI is InChI=1S/C21H27NO5S/c1-7-15-9-10-17(25-4)20(13-15)28(23,24)22-14(3)21-18(26-5)11-16(8-2)12-19(21)27-6/h9-13,22H,3,7-8H2,1-2,4-6H3. The molecule has 0 aliphatic carbocycles. The van der Waals surface area contributed by atoms with E-state index in [0.29, 0.717) is 23.5 Å². The Labute approximate surface area is 167 Å². The quantitative estimate of drug-likeness (QED) is 0.687. The molecule has 0 aliphatic rings. The topological polar surface area (TPSA) is 73.9 Å². The van der Waals surface area contributed by atoms with Crippen molar-refractivity contribution in [3.05, 3.63) is 53.6 Å². The van der Waals surface area contributed by atoms with E-state index in [2.05, 4.69) is 11.3 Å². The predicted octanol–water partition coefficient (Wildman–Crippen LogP) is 3.79. The molecule has 0 fully saturated rings. The van der Waals surface area contributed by atoms with Gasteiger partial charge >= 0.3 is 0 Å². The van der Waals surface area contributed by atoms with Gasteiger partial charge in [-0.1, -0.05) is 26.5 Å². The van der Waals surface area contributed by atoms with Crippen molar-refractivity contribution >= 4 is 15.7 Å². The van der Waals surface area contributed by atoms with E-state index in [0.717, 1.165) is 17.5 Å². The number of ether oxygens (including phenoxy) is 3. The molecule has 2 aromatic carbocycles. The summed E-state index contributed by atoms with van der Waals surface area (Å²) in [6.45, 7) is 7.88. The molecule has 28 heavy (non-hydrogen) atoms. The van der Waals surface area contributed by atoms with Gasteiger partial charge < -0.3 is 14.2 Å². The van der Waals surface area contributed by atoms with Crippen LogP contribution in [0.4, 0.5) is 0 Å². The van der Waals surface area contributed by atoms with Crippen LogP contribution in [-0.4, -0.2) is 29.7 Å². The molecule has 7 heteroatoms. The first kappa shape index (κ1) is 21.6. The SMILES string of the molecule is C=C(NS(=O)(=O)c1cc(CC)ccc1OC)c1c(OC)cc(CC)cc1OC. The van der Waals surface area contributed by atoms with Crippen LogP contribution in [0.25, 0.3) is 5.70 Å². The maximum atomic E-state index is 13.1. The Morgan fingerprint density at radius 2 is 1.43 bits per heavy atom. The van der Waals surface area contributed by atoms with Gasteiger partial charge in [-0.3, -0.25) is 4.72 Å². The van der Waals surface area contributed by atoms with E-state index in [1.54, 1.807) is 12.1 Å². The predicted molar refractivity (Wildman–Crippen MR) is 111 cm³/mol. The first-order valence-electron chi connectivity index (χ1n) is 8.95. The summed E-state index contributed by atoms with van der Waals surface area (Å²) in [5.74, 6) is 1.23. The summed E-state index contributed by atoms with van der Waals surface area (Å²) in [7, 11) is 0.543. The van der Waals surface area contributed by atoms with E-state index in [4.69, 9.17) is 14.2 Å². The number of nitrogens with one attached hydrogen (secondary N) is 1. The van der Waals surface area contributed by atoms with Gasteiger partial charge in [0, 0.05) is 0 Å². The summed E-state index contributed by atoms with van der Waals surface area (Å²) in [6, 6.07) is 8.77. The maximum absolute atomic E-state index is 13.1. The highest BCUT2D eigenvalue weighted by molar-refractivity contribution is 7.90. The minimum Gasteiger partial charge on any atom is -0.496 e. The van der Waals surface area contributed by atoms with Gasteiger partial charge in [0.25, 0.3) is 10.0 Å². The highest BCUT2D eigenvalue weighted by Gasteiger charge is 2.24. The number of hydrogen-bond acceptors (Lipinski definition) is 5. The second kappa shape index (κ2) is 9.01. The van der Waals surface area contributed by atoms with Crippen molar-refractivity contribution in [1.82, 2.24) is 4.72 Å². The largest absolute Gasteiger partial charge is 0.496 e. The average Bonchev–Trinajstić information content (AvgIpc) is 2.71. The van der Waals surface area contributed by atoms with Crippen LogP contribution >= 0.6 is 0 Å². The van der Waals surface area contributed by atoms with Crippen LogP contribution in [-0.2, 0) is 22.9 Å². The molecule has 0 aliphatic heterocycles. The van der Waals surface area contributed by atoms with Gasteiger partial charge in [-0.15, -0.1) is 0 Å². The number of aryl methyl sites for hydroxylation is 2. The van der Waals surface area contributed by atoms with Gasteiger partial charge in [0.05, 0.1) is 32.6 Å². The monoisotopic (exact) mass is 405 g/mol. The van der Waals surface area contributed by atoms with Gasteiger partial charge in [0.15, 0.2) is 0 Å². The maximum Gasteiger partial charge on any atom is 0.265 e. The molecule has 0 saturated carbocycles. The highest BCUT2D eigenvalue weighted by atomic mass is 32.2. The molecule has 2 aromatic rings. The van der Waals surface area contributed by atoms with Gasteiger partial charge in [-0.05, 0) is 48.2 Å². The van der Waals surface area contributed by atoms with Crippen molar-refractivity contribution in [1.29, 1.82) is 0 Å². The lowest BCUT2D eigenvalue weighted by Gasteiger charge is -2.19. The van der Waals surface area contributed by atoms with Gasteiger partial charge in [-0.25, -0.2) is 8.42 Å². The van der Waals surface area contributed by atoms with Crippen LogP contribution in [0.1, 0.15) is 30.5 Å². The van der Waals surface area contributed by atoms with E-state index < -0.39 is 10.0 Å². The molecule has 0 unspecified atom stereocenters. The van der Waals surface area contributed by atoms with Crippen molar-refractivity contribution in [2.45, 2.75) is 31.6 Å². The molecule has 0 atom stereocenters. The van der Waals surface area contributed by atoms with E-state index in [1.807, 2.05) is 32.0 Å². The molecule has 0 amide bonds. The molecule has 0 spiro atoms. The van der Waals surface area contributed by atoms with E-state index in [1.165, 1.54) is 21.3 Å². The second-order valence-corrected chi connectivity index (χ2v) is 7.80. The molecule has 0 bridgehead atoms. The molecular weight excluding hydrogens is 378 g/mol. The molecule has 0 saturated heterocycles. The lowest BCUT2D eigenvalue weighted by Crippen LogP contribution is -2.23. The van der Waals surface area contributed by atoms with Crippen molar-refractivity contribution in [2.75, 3.05) is 21.3 Å². The van der Waals surface area contributed by atoms with Crippen molar-refractivity contribution < 1.29 is 22.6 Å². The van der Waals surface area contributed by atoms with Crippen LogP contribution < -0.4 is 18.9 Å². The fourth-order valence-corrected chi connectivity index (χ4v) is 4.15. The first-order chi connectivity index (χ1) is 13.3. The Morgan fingerprint density at radius 1 is 0.893 bits per heavy atom. The Balaban J connectivity index is 2.50. The molecule has 0 radical (unpaired) electrons. The summed E-state index contributed by atoms with van der Waals surface area (Å²) < 4.78 is 44.8. The second-order valence-electron chi connectivity index (χ2n) is 6.15. The van der Waals surface area contributed by atoms with Crippen molar-refractivity contribution in [2.24, 2.45) is 0 Å². The van der Waals surface area contributed by atoms with E-state index >= 15 is 0 Å². The number of methoxy groups -OCH3 is 3. The smallest absolute Gasteiger partial charge is 0.265 e. The van der Waals surface area contributed by atoms with Crippen molar-refractivity contribution in [3.8, 4) is 17.2 Å².